The smallest absolute Gasteiger partial charge is 0.137 e. The van der Waals surface area contributed by atoms with Crippen molar-refractivity contribution in [3.05, 3.63) is 69.7 Å². The van der Waals surface area contributed by atoms with Gasteiger partial charge in [0, 0.05) is 11.5 Å². The Morgan fingerprint density at radius 1 is 1.10 bits per heavy atom. The number of hydrogen-bond acceptors (Lipinski definition) is 1. The van der Waals surface area contributed by atoms with E-state index in [4.69, 9.17) is 5.73 Å². The van der Waals surface area contributed by atoms with Crippen LogP contribution in [0.5, 0.6) is 0 Å². The number of rotatable bonds is 4. The van der Waals surface area contributed by atoms with Gasteiger partial charge in [-0.25, -0.2) is 8.78 Å². The fourth-order valence-corrected chi connectivity index (χ4v) is 2.70. The van der Waals surface area contributed by atoms with Crippen LogP contribution in [0.1, 0.15) is 25.0 Å². The molecule has 0 heterocycles. The normalized spacial score (nSPS) is 13.2. The minimum Gasteiger partial charge on any atom is -0.327 e. The summed E-state index contributed by atoms with van der Waals surface area (Å²) in [7, 11) is 0. The van der Waals surface area contributed by atoms with E-state index in [0.29, 0.717) is 10.9 Å². The van der Waals surface area contributed by atoms with Crippen LogP contribution >= 0.6 is 15.9 Å². The Balaban J connectivity index is 2.19. The highest BCUT2D eigenvalue weighted by molar-refractivity contribution is 9.10. The summed E-state index contributed by atoms with van der Waals surface area (Å²) >= 11 is 3.18. The van der Waals surface area contributed by atoms with Crippen LogP contribution in [0.15, 0.2) is 46.9 Å². The molecule has 1 atom stereocenters. The number of hydrogen-bond donors (Lipinski definition) is 1. The van der Waals surface area contributed by atoms with Crippen molar-refractivity contribution in [3.8, 4) is 0 Å². The molecule has 2 N–H and O–H groups in total. The molecule has 1 unspecified atom stereocenters. The molecule has 0 bridgehead atoms. The summed E-state index contributed by atoms with van der Waals surface area (Å²) in [6, 6.07) is 11.1. The van der Waals surface area contributed by atoms with Gasteiger partial charge in [0.2, 0.25) is 0 Å². The molecule has 4 heteroatoms. The maximum Gasteiger partial charge on any atom is 0.137 e. The van der Waals surface area contributed by atoms with Gasteiger partial charge < -0.3 is 5.73 Å². The summed E-state index contributed by atoms with van der Waals surface area (Å²) in [5, 5.41) is 0. The van der Waals surface area contributed by atoms with Crippen LogP contribution in [-0.2, 0) is 11.8 Å². The first kappa shape index (κ1) is 16.1. The van der Waals surface area contributed by atoms with Crippen molar-refractivity contribution in [2.75, 3.05) is 0 Å². The van der Waals surface area contributed by atoms with E-state index in [1.165, 1.54) is 18.2 Å². The highest BCUT2D eigenvalue weighted by Crippen LogP contribution is 2.29. The fraction of sp³-hybridized carbons (Fsp3) is 0.294. The van der Waals surface area contributed by atoms with Gasteiger partial charge in [0.15, 0.2) is 0 Å². The lowest BCUT2D eigenvalue weighted by molar-refractivity contribution is 0.405. The van der Waals surface area contributed by atoms with Gasteiger partial charge in [-0.05, 0) is 57.7 Å². The third-order valence-electron chi connectivity index (χ3n) is 3.95. The predicted molar refractivity (Wildman–Crippen MR) is 85.2 cm³/mol. The van der Waals surface area contributed by atoms with Crippen molar-refractivity contribution in [1.29, 1.82) is 0 Å². The summed E-state index contributed by atoms with van der Waals surface area (Å²) < 4.78 is 26.7. The van der Waals surface area contributed by atoms with Crippen LogP contribution in [0, 0.1) is 11.6 Å². The fourth-order valence-electron chi connectivity index (χ4n) is 2.27. The molecule has 2 aromatic carbocycles. The zero-order chi connectivity index (χ0) is 15.6. The van der Waals surface area contributed by atoms with Crippen molar-refractivity contribution >= 4 is 15.9 Å². The Morgan fingerprint density at radius 2 is 1.71 bits per heavy atom. The first-order valence-corrected chi connectivity index (χ1v) is 7.55. The van der Waals surface area contributed by atoms with Gasteiger partial charge in [-0.1, -0.05) is 32.0 Å². The van der Waals surface area contributed by atoms with Crippen LogP contribution < -0.4 is 5.73 Å². The maximum absolute atomic E-state index is 13.3. The SMILES string of the molecule is CC(C)(c1ccc(F)cc1)C(N)Cc1ccc(F)c(Br)c1. The number of nitrogens with two attached hydrogens (primary N) is 1. The molecule has 0 aliphatic rings. The zero-order valence-electron chi connectivity index (χ0n) is 12.0. The van der Waals surface area contributed by atoms with Gasteiger partial charge in [0.05, 0.1) is 4.47 Å². The molecule has 0 saturated heterocycles. The second kappa shape index (κ2) is 6.24. The molecule has 0 saturated carbocycles. The van der Waals surface area contributed by atoms with Gasteiger partial charge >= 0.3 is 0 Å². The maximum atomic E-state index is 13.3. The summed E-state index contributed by atoms with van der Waals surface area (Å²) in [5.41, 5.74) is 7.98. The van der Waals surface area contributed by atoms with Gasteiger partial charge in [0.1, 0.15) is 11.6 Å². The summed E-state index contributed by atoms with van der Waals surface area (Å²) in [6.07, 6.45) is 0.614. The van der Waals surface area contributed by atoms with Crippen LogP contribution in [0.4, 0.5) is 8.78 Å². The second-order valence-corrected chi connectivity index (χ2v) is 6.64. The average Bonchev–Trinajstić information content (AvgIpc) is 2.43. The molecule has 21 heavy (non-hydrogen) atoms. The topological polar surface area (TPSA) is 26.0 Å². The van der Waals surface area contributed by atoms with Crippen LogP contribution in [-0.4, -0.2) is 6.04 Å². The molecule has 1 nitrogen and oxygen atoms in total. The minimum absolute atomic E-state index is 0.166. The summed E-state index contributed by atoms with van der Waals surface area (Å²) in [4.78, 5) is 0. The highest BCUT2D eigenvalue weighted by atomic mass is 79.9. The van der Waals surface area contributed by atoms with Crippen LogP contribution in [0.25, 0.3) is 0 Å². The molecule has 0 spiro atoms. The van der Waals surface area contributed by atoms with Crippen molar-refractivity contribution in [3.63, 3.8) is 0 Å². The first-order valence-electron chi connectivity index (χ1n) is 6.76. The largest absolute Gasteiger partial charge is 0.327 e. The lowest BCUT2D eigenvalue weighted by atomic mass is 9.76. The van der Waals surface area contributed by atoms with E-state index in [0.717, 1.165) is 11.1 Å². The standard InChI is InChI=1S/C17H18BrF2N/c1-17(2,12-4-6-13(19)7-5-12)16(21)10-11-3-8-15(20)14(18)9-11/h3-9,16H,10,21H2,1-2H3. The molecule has 0 radical (unpaired) electrons. The lowest BCUT2D eigenvalue weighted by Gasteiger charge is -2.32. The molecule has 0 aromatic heterocycles. The first-order chi connectivity index (χ1) is 9.80. The molecule has 0 fully saturated rings. The summed E-state index contributed by atoms with van der Waals surface area (Å²) in [6.45, 7) is 4.06. The molecule has 0 amide bonds. The van der Waals surface area contributed by atoms with E-state index in [1.807, 2.05) is 13.8 Å². The van der Waals surface area contributed by atoms with Gasteiger partial charge in [-0.15, -0.1) is 0 Å². The van der Waals surface area contributed by atoms with Gasteiger partial charge in [-0.2, -0.15) is 0 Å². The Kier molecular flexibility index (Phi) is 4.79. The van der Waals surface area contributed by atoms with Crippen LogP contribution in [0.2, 0.25) is 0 Å². The molecular formula is C17H18BrF2N. The van der Waals surface area contributed by atoms with Crippen molar-refractivity contribution in [2.24, 2.45) is 5.73 Å². The third kappa shape index (κ3) is 3.69. The molecule has 2 aromatic rings. The summed E-state index contributed by atoms with van der Waals surface area (Å²) in [5.74, 6) is -0.546. The predicted octanol–water partition coefficient (Wildman–Crippen LogP) is 4.57. The van der Waals surface area contributed by atoms with E-state index in [9.17, 15) is 8.78 Å². The number of halogens is 3. The minimum atomic E-state index is -0.311. The van der Waals surface area contributed by atoms with E-state index < -0.39 is 0 Å². The van der Waals surface area contributed by atoms with Gasteiger partial charge in [-0.3, -0.25) is 0 Å². The van der Waals surface area contributed by atoms with Crippen molar-refractivity contribution in [2.45, 2.75) is 31.7 Å². The molecule has 0 aliphatic carbocycles. The van der Waals surface area contributed by atoms with E-state index in [-0.39, 0.29) is 23.1 Å². The molecule has 0 aliphatic heterocycles. The van der Waals surface area contributed by atoms with E-state index in [1.54, 1.807) is 24.3 Å². The molecule has 2 rings (SSSR count). The van der Waals surface area contributed by atoms with Gasteiger partial charge in [0.25, 0.3) is 0 Å². The average molecular weight is 354 g/mol. The van der Waals surface area contributed by atoms with E-state index >= 15 is 0 Å². The Morgan fingerprint density at radius 3 is 2.29 bits per heavy atom. The van der Waals surface area contributed by atoms with E-state index in [2.05, 4.69) is 15.9 Å². The van der Waals surface area contributed by atoms with Crippen molar-refractivity contribution in [1.82, 2.24) is 0 Å². The number of benzene rings is 2. The molecule has 112 valence electrons. The Bertz CT molecular complexity index is 623. The Hall–Kier alpha value is -1.26. The second-order valence-electron chi connectivity index (χ2n) is 5.79. The van der Waals surface area contributed by atoms with Crippen LogP contribution in [0.3, 0.4) is 0 Å². The third-order valence-corrected chi connectivity index (χ3v) is 4.56. The zero-order valence-corrected chi connectivity index (χ0v) is 13.6. The van der Waals surface area contributed by atoms with Crippen molar-refractivity contribution < 1.29 is 8.78 Å². The quantitative estimate of drug-likeness (QED) is 0.855. The monoisotopic (exact) mass is 353 g/mol. The molecular weight excluding hydrogens is 336 g/mol. The Labute approximate surface area is 132 Å². The lowest BCUT2D eigenvalue weighted by Crippen LogP contribution is -2.42. The highest BCUT2D eigenvalue weighted by Gasteiger charge is 2.28.